The van der Waals surface area contributed by atoms with E-state index in [1.54, 1.807) is 0 Å². The van der Waals surface area contributed by atoms with E-state index in [0.717, 1.165) is 12.1 Å². The maximum atomic E-state index is 12.8. The summed E-state index contributed by atoms with van der Waals surface area (Å²) in [6.45, 7) is 0. The average molecular weight is 208 g/mol. The minimum Gasteiger partial charge on any atom is -0.501 e. The van der Waals surface area contributed by atoms with Crippen molar-refractivity contribution >= 4 is 16.6 Å². The lowest BCUT2D eigenvalue weighted by atomic mass is 10.2. The second-order valence-electron chi connectivity index (χ2n) is 2.90. The quantitative estimate of drug-likeness (QED) is 0.441. The van der Waals surface area contributed by atoms with Gasteiger partial charge >= 0.3 is 5.69 Å². The summed E-state index contributed by atoms with van der Waals surface area (Å²) in [4.78, 5) is 13.1. The fourth-order valence-electron chi connectivity index (χ4n) is 1.29. The van der Waals surface area contributed by atoms with Gasteiger partial charge in [-0.2, -0.15) is 4.39 Å². The van der Waals surface area contributed by atoms with Crippen LogP contribution in [0.15, 0.2) is 24.3 Å². The Morgan fingerprint density at radius 2 is 2.00 bits per heavy atom. The molecule has 76 valence electrons. The number of fused-ring (bicyclic) bond motifs is 1. The highest BCUT2D eigenvalue weighted by molar-refractivity contribution is 5.87. The molecule has 0 aliphatic carbocycles. The number of aromatic hydroxyl groups is 1. The van der Waals surface area contributed by atoms with Gasteiger partial charge in [0.25, 0.3) is 0 Å². The number of phenols is 1. The molecule has 0 saturated carbocycles. The molecule has 5 nitrogen and oxygen atoms in total. The number of benzene rings is 1. The fourth-order valence-corrected chi connectivity index (χ4v) is 1.29. The molecule has 0 radical (unpaired) electrons. The van der Waals surface area contributed by atoms with E-state index in [2.05, 4.69) is 4.98 Å². The molecule has 0 bridgehead atoms. The van der Waals surface area contributed by atoms with Crippen LogP contribution in [-0.2, 0) is 0 Å². The summed E-state index contributed by atoms with van der Waals surface area (Å²) < 4.78 is 12.8. The van der Waals surface area contributed by atoms with Gasteiger partial charge < -0.3 is 5.11 Å². The van der Waals surface area contributed by atoms with Gasteiger partial charge in [0, 0.05) is 11.5 Å². The second-order valence-corrected chi connectivity index (χ2v) is 2.90. The van der Waals surface area contributed by atoms with E-state index in [0.29, 0.717) is 5.39 Å². The van der Waals surface area contributed by atoms with Gasteiger partial charge in [0.15, 0.2) is 0 Å². The van der Waals surface area contributed by atoms with Crippen molar-refractivity contribution in [3.05, 3.63) is 40.3 Å². The van der Waals surface area contributed by atoms with E-state index in [1.165, 1.54) is 12.1 Å². The normalized spacial score (nSPS) is 10.5. The second kappa shape index (κ2) is 3.16. The monoisotopic (exact) mass is 208 g/mol. The number of hydrogen-bond acceptors (Lipinski definition) is 4. The molecular weight excluding hydrogens is 203 g/mol. The van der Waals surface area contributed by atoms with Crippen LogP contribution in [0.25, 0.3) is 10.9 Å². The lowest BCUT2D eigenvalue weighted by Crippen LogP contribution is -1.91. The Morgan fingerprint density at radius 3 is 2.67 bits per heavy atom. The Balaban J connectivity index is 2.82. The number of pyridine rings is 1. The molecule has 15 heavy (non-hydrogen) atoms. The van der Waals surface area contributed by atoms with E-state index in [4.69, 9.17) is 0 Å². The van der Waals surface area contributed by atoms with Crippen molar-refractivity contribution < 1.29 is 14.4 Å². The van der Waals surface area contributed by atoms with Crippen LogP contribution in [0.3, 0.4) is 0 Å². The minimum atomic E-state index is -0.793. The van der Waals surface area contributed by atoms with Gasteiger partial charge in [-0.25, -0.2) is 4.98 Å². The van der Waals surface area contributed by atoms with Crippen LogP contribution in [0.4, 0.5) is 10.1 Å². The molecule has 1 aromatic heterocycles. The maximum absolute atomic E-state index is 12.8. The largest absolute Gasteiger partial charge is 0.501 e. The third-order valence-corrected chi connectivity index (χ3v) is 1.98. The van der Waals surface area contributed by atoms with Gasteiger partial charge in [-0.05, 0) is 18.2 Å². The molecule has 2 rings (SSSR count). The summed E-state index contributed by atoms with van der Waals surface area (Å²) in [5.74, 6) is -1.41. The number of nitro groups is 1. The Bertz CT molecular complexity index is 556. The molecule has 0 amide bonds. The zero-order chi connectivity index (χ0) is 11.0. The minimum absolute atomic E-state index is 0.107. The number of phenolic OH excluding ortho intramolecular Hbond substituents is 1. The first-order chi connectivity index (χ1) is 7.09. The summed E-state index contributed by atoms with van der Waals surface area (Å²) >= 11 is 0. The number of aromatic nitrogens is 1. The highest BCUT2D eigenvalue weighted by Crippen LogP contribution is 2.32. The molecular formula is C9H5FN2O3. The van der Waals surface area contributed by atoms with Gasteiger partial charge in [0.2, 0.25) is 11.7 Å². The van der Waals surface area contributed by atoms with E-state index >= 15 is 0 Å². The summed E-state index contributed by atoms with van der Waals surface area (Å²) in [6.07, 6.45) is 0. The highest BCUT2D eigenvalue weighted by atomic mass is 19.1. The number of rotatable bonds is 1. The van der Waals surface area contributed by atoms with Crippen LogP contribution < -0.4 is 0 Å². The third-order valence-electron chi connectivity index (χ3n) is 1.98. The van der Waals surface area contributed by atoms with Crippen LogP contribution in [0.2, 0.25) is 0 Å². The Morgan fingerprint density at radius 1 is 1.33 bits per heavy atom. The predicted octanol–water partition coefficient (Wildman–Crippen LogP) is 1.99. The molecule has 1 aromatic carbocycles. The average Bonchev–Trinajstić information content (AvgIpc) is 2.19. The molecule has 0 aliphatic rings. The predicted molar refractivity (Wildman–Crippen MR) is 50.0 cm³/mol. The van der Waals surface area contributed by atoms with Crippen molar-refractivity contribution in [1.29, 1.82) is 0 Å². The number of nitrogens with zero attached hydrogens (tertiary/aromatic N) is 2. The van der Waals surface area contributed by atoms with Crippen LogP contribution in [-0.4, -0.2) is 15.0 Å². The molecule has 1 heterocycles. The van der Waals surface area contributed by atoms with E-state index in [9.17, 15) is 19.6 Å². The first kappa shape index (κ1) is 9.32. The highest BCUT2D eigenvalue weighted by Gasteiger charge is 2.16. The third kappa shape index (κ3) is 1.45. The number of nitro benzene ring substituents is 1. The summed E-state index contributed by atoms with van der Waals surface area (Å²) in [7, 11) is 0. The molecule has 0 fully saturated rings. The zero-order valence-corrected chi connectivity index (χ0v) is 7.35. The van der Waals surface area contributed by atoms with E-state index in [1.807, 2.05) is 0 Å². The zero-order valence-electron chi connectivity index (χ0n) is 7.35. The lowest BCUT2D eigenvalue weighted by molar-refractivity contribution is -0.385. The molecule has 1 N–H and O–H groups in total. The van der Waals surface area contributed by atoms with Crippen LogP contribution >= 0.6 is 0 Å². The van der Waals surface area contributed by atoms with Crippen molar-refractivity contribution in [2.45, 2.75) is 0 Å². The van der Waals surface area contributed by atoms with Crippen LogP contribution in [0.1, 0.15) is 0 Å². The lowest BCUT2D eigenvalue weighted by Gasteiger charge is -2.00. The van der Waals surface area contributed by atoms with Gasteiger partial charge in [-0.1, -0.05) is 0 Å². The summed E-state index contributed by atoms with van der Waals surface area (Å²) in [5.41, 5.74) is -0.593. The number of hydrogen-bond donors (Lipinski definition) is 1. The molecule has 0 saturated heterocycles. The van der Waals surface area contributed by atoms with Crippen molar-refractivity contribution in [3.63, 3.8) is 0 Å². The van der Waals surface area contributed by atoms with Crippen molar-refractivity contribution in [2.75, 3.05) is 0 Å². The van der Waals surface area contributed by atoms with Gasteiger partial charge in [0.05, 0.1) is 4.92 Å². The van der Waals surface area contributed by atoms with Crippen molar-refractivity contribution in [2.24, 2.45) is 0 Å². The molecule has 0 unspecified atom stereocenters. The smallest absolute Gasteiger partial charge is 0.313 e. The first-order valence-electron chi connectivity index (χ1n) is 4.02. The summed E-state index contributed by atoms with van der Waals surface area (Å²) in [6, 6.07) is 5.06. The molecule has 0 atom stereocenters. The van der Waals surface area contributed by atoms with Crippen LogP contribution in [0.5, 0.6) is 5.75 Å². The Labute approximate surface area is 82.9 Å². The first-order valence-corrected chi connectivity index (χ1v) is 4.02. The molecule has 6 heteroatoms. The molecule has 0 spiro atoms. The van der Waals surface area contributed by atoms with Crippen molar-refractivity contribution in [3.8, 4) is 5.75 Å². The number of halogens is 1. The van der Waals surface area contributed by atoms with Crippen LogP contribution in [0, 0.1) is 16.1 Å². The fraction of sp³-hybridized carbons (Fsp3) is 0. The van der Waals surface area contributed by atoms with E-state index in [-0.39, 0.29) is 5.52 Å². The van der Waals surface area contributed by atoms with Gasteiger partial charge in [-0.15, -0.1) is 0 Å². The van der Waals surface area contributed by atoms with Crippen molar-refractivity contribution in [1.82, 2.24) is 4.98 Å². The maximum Gasteiger partial charge on any atom is 0.313 e. The Kier molecular flexibility index (Phi) is 1.96. The van der Waals surface area contributed by atoms with Gasteiger partial charge in [0.1, 0.15) is 5.52 Å². The molecule has 0 aliphatic heterocycles. The standard InChI is InChI=1S/C9H5FN2O3/c10-7-4-2-5-1-3-6(12(14)15)9(13)8(5)11-7/h1-4,13H. The molecule has 2 aromatic rings. The Hall–Kier alpha value is -2.24. The van der Waals surface area contributed by atoms with E-state index < -0.39 is 22.3 Å². The summed E-state index contributed by atoms with van der Waals surface area (Å²) in [5, 5.41) is 20.4. The SMILES string of the molecule is O=[N+]([O-])c1ccc2ccc(F)nc2c1O. The topological polar surface area (TPSA) is 76.3 Å². The van der Waals surface area contributed by atoms with Gasteiger partial charge in [-0.3, -0.25) is 10.1 Å².